The minimum absolute atomic E-state index is 0.0191. The number of esters is 1. The maximum Gasteiger partial charge on any atom is 0.338 e. The largest absolute Gasteiger partial charge is 0.454 e. The summed E-state index contributed by atoms with van der Waals surface area (Å²) < 4.78 is 39.0. The summed E-state index contributed by atoms with van der Waals surface area (Å²) in [5, 5.41) is 24.3. The first-order chi connectivity index (χ1) is 21.3. The maximum atomic E-state index is 17.7. The van der Waals surface area contributed by atoms with Gasteiger partial charge in [0.05, 0.1) is 17.4 Å². The molecule has 3 saturated carbocycles. The molecule has 2 N–H and O–H groups in total. The van der Waals surface area contributed by atoms with Crippen molar-refractivity contribution in [2.24, 2.45) is 34.5 Å². The third kappa shape index (κ3) is 5.04. The van der Waals surface area contributed by atoms with E-state index < -0.39 is 76.6 Å². The number of hydroxylamine groups is 1. The van der Waals surface area contributed by atoms with Crippen LogP contribution in [0.4, 0.5) is 14.5 Å². The first-order valence-corrected chi connectivity index (χ1v) is 15.6. The van der Waals surface area contributed by atoms with Gasteiger partial charge in [0.25, 0.3) is 0 Å². The van der Waals surface area contributed by atoms with Crippen molar-refractivity contribution in [1.29, 1.82) is 0 Å². The molecule has 0 radical (unpaired) electrons. The lowest BCUT2D eigenvalue weighted by atomic mass is 9.45. The van der Waals surface area contributed by atoms with E-state index in [9.17, 15) is 24.7 Å². The molecule has 0 aliphatic heterocycles. The van der Waals surface area contributed by atoms with E-state index >= 15 is 8.78 Å². The Morgan fingerprint density at radius 1 is 1.07 bits per heavy atom. The van der Waals surface area contributed by atoms with Gasteiger partial charge in [-0.1, -0.05) is 42.8 Å². The van der Waals surface area contributed by atoms with Crippen LogP contribution in [0.25, 0.3) is 0 Å². The summed E-state index contributed by atoms with van der Waals surface area (Å²) >= 11 is 6.02. The molecule has 0 heterocycles. The Hall–Kier alpha value is -3.40. The second kappa shape index (κ2) is 11.4. The highest BCUT2D eigenvalue weighted by Crippen LogP contribution is 2.70. The monoisotopic (exact) mass is 639 g/mol. The molecule has 45 heavy (non-hydrogen) atoms. The summed E-state index contributed by atoms with van der Waals surface area (Å²) in [6, 6.07) is 14.7. The average Bonchev–Trinajstić information content (AvgIpc) is 3.30. The van der Waals surface area contributed by atoms with Crippen LogP contribution in [-0.2, 0) is 14.3 Å². The number of carbonyl (C=O) groups excluding carboxylic acids is 3. The van der Waals surface area contributed by atoms with Gasteiger partial charge in [-0.3, -0.25) is 19.9 Å². The highest BCUT2D eigenvalue weighted by Gasteiger charge is 2.73. The summed E-state index contributed by atoms with van der Waals surface area (Å²) in [5.74, 6) is -4.46. The van der Waals surface area contributed by atoms with Crippen LogP contribution in [0.3, 0.4) is 0 Å². The van der Waals surface area contributed by atoms with Crippen LogP contribution in [0.15, 0.2) is 78.4 Å². The van der Waals surface area contributed by atoms with Crippen molar-refractivity contribution >= 4 is 34.8 Å². The molecule has 238 valence electrons. The number of carbonyl (C=O) groups is 3. The van der Waals surface area contributed by atoms with Gasteiger partial charge in [0, 0.05) is 28.8 Å². The third-order valence-electron chi connectivity index (χ3n) is 11.0. The van der Waals surface area contributed by atoms with Gasteiger partial charge in [0.15, 0.2) is 23.8 Å². The van der Waals surface area contributed by atoms with Gasteiger partial charge in [-0.05, 0) is 97.6 Å². The Labute approximate surface area is 265 Å². The van der Waals surface area contributed by atoms with E-state index in [-0.39, 0.29) is 36.9 Å². The van der Waals surface area contributed by atoms with Crippen molar-refractivity contribution in [1.82, 2.24) is 0 Å². The number of benzene rings is 2. The number of alkyl halides is 2. The molecule has 10 heteroatoms. The molecule has 9 unspecified atom stereocenters. The van der Waals surface area contributed by atoms with Gasteiger partial charge in [0.1, 0.15) is 6.17 Å². The van der Waals surface area contributed by atoms with Crippen LogP contribution < -0.4 is 5.06 Å². The van der Waals surface area contributed by atoms with E-state index in [0.29, 0.717) is 10.7 Å². The molecule has 0 aromatic heterocycles. The number of anilines is 1. The molecule has 3 fully saturated rings. The molecule has 0 bridgehead atoms. The van der Waals surface area contributed by atoms with E-state index in [4.69, 9.17) is 16.3 Å². The fraction of sp³-hybridized carbons (Fsp3) is 0.457. The number of halogens is 3. The molecule has 0 spiro atoms. The van der Waals surface area contributed by atoms with E-state index in [1.807, 2.05) is 6.92 Å². The minimum atomic E-state index is -2.31. The van der Waals surface area contributed by atoms with E-state index in [1.165, 1.54) is 19.1 Å². The van der Waals surface area contributed by atoms with Crippen molar-refractivity contribution in [2.45, 2.75) is 51.1 Å². The van der Waals surface area contributed by atoms with Crippen LogP contribution in [0, 0.1) is 34.5 Å². The quantitative estimate of drug-likeness (QED) is 0.278. The van der Waals surface area contributed by atoms with Crippen molar-refractivity contribution in [3.05, 3.63) is 89.0 Å². The molecule has 7 nitrogen and oxygen atoms in total. The second-order valence-electron chi connectivity index (χ2n) is 13.4. The zero-order valence-electron chi connectivity index (χ0n) is 25.0. The van der Waals surface area contributed by atoms with Crippen LogP contribution in [0.1, 0.15) is 43.5 Å². The van der Waals surface area contributed by atoms with Crippen LogP contribution >= 0.6 is 11.6 Å². The van der Waals surface area contributed by atoms with Gasteiger partial charge in [-0.2, -0.15) is 0 Å². The number of hydrogen-bond donors (Lipinski definition) is 2. The Bertz CT molecular complexity index is 1570. The number of Topliss-reactive ketones (excluding diaryl/α,β-unsaturated/α-hetero) is 1. The first-order valence-electron chi connectivity index (χ1n) is 15.2. The lowest BCUT2D eigenvalue weighted by Gasteiger charge is -2.62. The standard InChI is InChI=1S/C35H36ClF2NO6/c1-33-17-30(42)35(38)26(16-28(37)27-15-24(40)12-13-34(27,35)2)25(33)14-21(18-39(44)23-10-8-22(36)9-11-23)31(33)29(41)19-45-32(43)20-6-4-3-5-7-20/h3-13,15,21,25-26,28,30-31,42,44H,14,16-19H2,1-2H3. The topological polar surface area (TPSA) is 104 Å². The van der Waals surface area contributed by atoms with E-state index in [0.717, 1.165) is 11.1 Å². The Kier molecular flexibility index (Phi) is 8.03. The summed E-state index contributed by atoms with van der Waals surface area (Å²) in [4.78, 5) is 38.9. The summed E-state index contributed by atoms with van der Waals surface area (Å²) in [7, 11) is 0. The highest BCUT2D eigenvalue weighted by atomic mass is 35.5. The van der Waals surface area contributed by atoms with Gasteiger partial charge in [-0.15, -0.1) is 0 Å². The molecule has 6 rings (SSSR count). The smallest absolute Gasteiger partial charge is 0.338 e. The fourth-order valence-electron chi connectivity index (χ4n) is 9.02. The zero-order chi connectivity index (χ0) is 32.3. The number of allylic oxidation sites excluding steroid dienone is 4. The predicted molar refractivity (Wildman–Crippen MR) is 163 cm³/mol. The van der Waals surface area contributed by atoms with Crippen LogP contribution in [0.2, 0.25) is 5.02 Å². The first kappa shape index (κ1) is 31.6. The number of aliphatic hydroxyl groups excluding tert-OH is 1. The second-order valence-corrected chi connectivity index (χ2v) is 13.8. The number of hydrogen-bond acceptors (Lipinski definition) is 7. The van der Waals surface area contributed by atoms with Gasteiger partial charge >= 0.3 is 5.97 Å². The van der Waals surface area contributed by atoms with Crippen molar-refractivity contribution < 1.29 is 38.2 Å². The molecule has 0 amide bonds. The summed E-state index contributed by atoms with van der Waals surface area (Å²) in [6.07, 6.45) is 0.442. The number of fused-ring (bicyclic) bond motifs is 5. The van der Waals surface area contributed by atoms with Gasteiger partial charge in [0.2, 0.25) is 0 Å². The Balaban J connectivity index is 1.35. The number of nitrogens with zero attached hydrogens (tertiary/aromatic N) is 1. The Morgan fingerprint density at radius 2 is 1.76 bits per heavy atom. The minimum Gasteiger partial charge on any atom is -0.454 e. The molecule has 9 atom stereocenters. The summed E-state index contributed by atoms with van der Waals surface area (Å²) in [6.45, 7) is 2.77. The molecule has 4 aliphatic carbocycles. The molecule has 2 aromatic carbocycles. The van der Waals surface area contributed by atoms with Crippen LogP contribution in [-0.4, -0.2) is 58.9 Å². The lowest BCUT2D eigenvalue weighted by Crippen LogP contribution is -2.68. The number of ketones is 2. The Morgan fingerprint density at radius 3 is 2.44 bits per heavy atom. The van der Waals surface area contributed by atoms with E-state index in [2.05, 4.69) is 0 Å². The summed E-state index contributed by atoms with van der Waals surface area (Å²) in [5.41, 5.74) is -4.13. The maximum absolute atomic E-state index is 17.7. The van der Waals surface area contributed by atoms with Crippen LogP contribution in [0.5, 0.6) is 0 Å². The number of rotatable bonds is 7. The lowest BCUT2D eigenvalue weighted by molar-refractivity contribution is -0.202. The van der Waals surface area contributed by atoms with Crippen molar-refractivity contribution in [3.8, 4) is 0 Å². The molecule has 0 saturated heterocycles. The van der Waals surface area contributed by atoms with Gasteiger partial charge in [-0.25, -0.2) is 13.6 Å². The van der Waals surface area contributed by atoms with Crippen molar-refractivity contribution in [2.75, 3.05) is 18.2 Å². The molecule has 4 aliphatic rings. The van der Waals surface area contributed by atoms with Gasteiger partial charge < -0.3 is 9.84 Å². The normalized spacial score (nSPS) is 36.8. The SMILES string of the molecule is CC12CC(O)C3(F)C(CC(F)C4=CC(=O)C=CC43C)C1CC(CN(O)c1ccc(Cl)cc1)C2C(=O)COC(=O)c1ccccc1. The zero-order valence-corrected chi connectivity index (χ0v) is 25.8. The average molecular weight is 640 g/mol. The highest BCUT2D eigenvalue weighted by molar-refractivity contribution is 6.30. The predicted octanol–water partition coefficient (Wildman–Crippen LogP) is 6.12. The number of ether oxygens (including phenoxy) is 1. The third-order valence-corrected chi connectivity index (χ3v) is 11.3. The fourth-order valence-corrected chi connectivity index (χ4v) is 9.15. The van der Waals surface area contributed by atoms with Crippen molar-refractivity contribution in [3.63, 3.8) is 0 Å². The number of aliphatic hydroxyl groups is 1. The molecular formula is C35H36ClF2NO6. The molecule has 2 aromatic rings. The molecular weight excluding hydrogens is 604 g/mol. The van der Waals surface area contributed by atoms with E-state index in [1.54, 1.807) is 54.6 Å².